The van der Waals surface area contributed by atoms with Crippen LogP contribution >= 0.6 is 0 Å². The van der Waals surface area contributed by atoms with Gasteiger partial charge in [-0.05, 0) is 48.9 Å². The summed E-state index contributed by atoms with van der Waals surface area (Å²) in [6.07, 6.45) is 4.41. The van der Waals surface area contributed by atoms with Crippen molar-refractivity contribution in [3.05, 3.63) is 60.9 Å². The van der Waals surface area contributed by atoms with Gasteiger partial charge in [-0.15, -0.1) is 0 Å². The molecule has 0 unspecified atom stereocenters. The topological polar surface area (TPSA) is 86.1 Å². The van der Waals surface area contributed by atoms with E-state index in [-0.39, 0.29) is 11.4 Å². The van der Waals surface area contributed by atoms with Crippen LogP contribution in [0.1, 0.15) is 13.3 Å². The Balaban J connectivity index is 1.56. The Bertz CT molecular complexity index is 954. The number of pyridine rings is 1. The number of hydrogen-bond donors (Lipinski definition) is 1. The molecule has 0 aliphatic rings. The minimum Gasteiger partial charge on any atom is -0.494 e. The van der Waals surface area contributed by atoms with Gasteiger partial charge in [0, 0.05) is 18.9 Å². The van der Waals surface area contributed by atoms with Crippen LogP contribution in [0.3, 0.4) is 0 Å². The normalized spacial score (nSPS) is 11.4. The minimum atomic E-state index is -3.57. The first kappa shape index (κ1) is 19.1. The lowest BCUT2D eigenvalue weighted by Crippen LogP contribution is -2.27. The summed E-state index contributed by atoms with van der Waals surface area (Å²) in [6, 6.07) is 13.9. The number of ether oxygens (including phenoxy) is 1. The predicted molar refractivity (Wildman–Crippen MR) is 103 cm³/mol. The van der Waals surface area contributed by atoms with Crippen LogP contribution in [0.5, 0.6) is 5.75 Å². The largest absolute Gasteiger partial charge is 0.494 e. The van der Waals surface area contributed by atoms with Crippen molar-refractivity contribution in [3.8, 4) is 17.1 Å². The van der Waals surface area contributed by atoms with Gasteiger partial charge in [-0.3, -0.25) is 9.67 Å². The van der Waals surface area contributed by atoms with Crippen molar-refractivity contribution in [2.24, 2.45) is 0 Å². The lowest BCUT2D eigenvalue weighted by molar-refractivity contribution is 0.317. The average molecular weight is 386 g/mol. The van der Waals surface area contributed by atoms with Gasteiger partial charge in [-0.2, -0.15) is 5.10 Å². The second kappa shape index (κ2) is 8.79. The number of hydrogen-bond acceptors (Lipinski definition) is 5. The van der Waals surface area contributed by atoms with Gasteiger partial charge in [0.2, 0.25) is 10.0 Å². The Labute approximate surface area is 159 Å². The second-order valence-corrected chi connectivity index (χ2v) is 7.66. The summed E-state index contributed by atoms with van der Waals surface area (Å²) in [4.78, 5) is 4.46. The van der Waals surface area contributed by atoms with Crippen LogP contribution < -0.4 is 9.46 Å². The third-order valence-corrected chi connectivity index (χ3v) is 5.28. The molecule has 3 rings (SSSR count). The minimum absolute atomic E-state index is 0.209. The van der Waals surface area contributed by atoms with Gasteiger partial charge >= 0.3 is 0 Å². The van der Waals surface area contributed by atoms with Gasteiger partial charge in [0.05, 0.1) is 23.7 Å². The first-order valence-electron chi connectivity index (χ1n) is 8.76. The molecule has 0 saturated carbocycles. The molecule has 0 bridgehead atoms. The molecule has 27 heavy (non-hydrogen) atoms. The number of benzene rings is 1. The highest BCUT2D eigenvalue weighted by atomic mass is 32.2. The quantitative estimate of drug-likeness (QED) is 0.611. The van der Waals surface area contributed by atoms with E-state index >= 15 is 0 Å². The molecule has 2 heterocycles. The molecular formula is C19H22N4O3S. The van der Waals surface area contributed by atoms with Crippen LogP contribution in [0.2, 0.25) is 0 Å². The van der Waals surface area contributed by atoms with Gasteiger partial charge in [0.25, 0.3) is 0 Å². The Kier molecular flexibility index (Phi) is 6.20. The molecule has 7 nitrogen and oxygen atoms in total. The first-order valence-corrected chi connectivity index (χ1v) is 10.2. The highest BCUT2D eigenvalue weighted by Gasteiger charge is 2.13. The van der Waals surface area contributed by atoms with E-state index in [1.807, 2.05) is 31.2 Å². The van der Waals surface area contributed by atoms with Crippen molar-refractivity contribution >= 4 is 10.0 Å². The van der Waals surface area contributed by atoms with Crippen molar-refractivity contribution in [2.75, 3.05) is 13.2 Å². The number of nitrogens with zero attached hydrogens (tertiary/aromatic N) is 3. The molecule has 0 aliphatic carbocycles. The van der Waals surface area contributed by atoms with E-state index in [0.717, 1.165) is 17.8 Å². The molecule has 0 saturated heterocycles. The Hall–Kier alpha value is -2.71. The van der Waals surface area contributed by atoms with E-state index in [1.54, 1.807) is 41.3 Å². The maximum absolute atomic E-state index is 12.4. The van der Waals surface area contributed by atoms with Crippen LogP contribution in [-0.2, 0) is 16.6 Å². The molecule has 0 amide bonds. The molecule has 3 aromatic rings. The highest BCUT2D eigenvalue weighted by molar-refractivity contribution is 7.89. The number of sulfonamides is 1. The van der Waals surface area contributed by atoms with Crippen molar-refractivity contribution < 1.29 is 13.2 Å². The number of rotatable bonds is 9. The molecule has 0 aliphatic heterocycles. The fraction of sp³-hybridized carbons (Fsp3) is 0.263. The maximum Gasteiger partial charge on any atom is 0.240 e. The van der Waals surface area contributed by atoms with Crippen LogP contribution in [0.4, 0.5) is 0 Å². The van der Waals surface area contributed by atoms with Crippen molar-refractivity contribution in [1.29, 1.82) is 0 Å². The van der Waals surface area contributed by atoms with E-state index in [1.165, 1.54) is 0 Å². The molecule has 0 atom stereocenters. The van der Waals surface area contributed by atoms with Crippen LogP contribution in [0.25, 0.3) is 11.4 Å². The predicted octanol–water partition coefficient (Wildman–Crippen LogP) is 2.71. The molecule has 2 aromatic heterocycles. The van der Waals surface area contributed by atoms with E-state index in [4.69, 9.17) is 4.74 Å². The monoisotopic (exact) mass is 386 g/mol. The van der Waals surface area contributed by atoms with E-state index < -0.39 is 10.0 Å². The summed E-state index contributed by atoms with van der Waals surface area (Å²) >= 11 is 0. The van der Waals surface area contributed by atoms with Gasteiger partial charge in [-0.1, -0.05) is 13.0 Å². The molecular weight excluding hydrogens is 364 g/mol. The van der Waals surface area contributed by atoms with Crippen LogP contribution in [0.15, 0.2) is 65.8 Å². The molecule has 8 heteroatoms. The summed E-state index contributed by atoms with van der Waals surface area (Å²) in [6.45, 7) is 3.28. The molecule has 0 fully saturated rings. The summed E-state index contributed by atoms with van der Waals surface area (Å²) in [5.74, 6) is 0.661. The third-order valence-electron chi connectivity index (χ3n) is 3.81. The Morgan fingerprint density at radius 2 is 1.89 bits per heavy atom. The smallest absolute Gasteiger partial charge is 0.240 e. The standard InChI is InChI=1S/C19H22N4O3S/c1-2-15-26-16-6-8-17(9-7-16)27(24,25)21-12-14-23-13-10-19(22-23)18-5-3-4-11-20-18/h3-11,13,21H,2,12,14-15H2,1H3. The van der Waals surface area contributed by atoms with Gasteiger partial charge in [0.15, 0.2) is 0 Å². The molecule has 0 spiro atoms. The SMILES string of the molecule is CCCOc1ccc(S(=O)(=O)NCCn2ccc(-c3ccccn3)n2)cc1. The molecule has 1 N–H and O–H groups in total. The van der Waals surface area contributed by atoms with Crippen molar-refractivity contribution in [3.63, 3.8) is 0 Å². The fourth-order valence-corrected chi connectivity index (χ4v) is 3.47. The van der Waals surface area contributed by atoms with Gasteiger partial charge in [0.1, 0.15) is 11.4 Å². The summed E-state index contributed by atoms with van der Waals surface area (Å²) in [5, 5.41) is 4.42. The second-order valence-electron chi connectivity index (χ2n) is 5.90. The van der Waals surface area contributed by atoms with Crippen LogP contribution in [-0.4, -0.2) is 36.3 Å². The zero-order valence-electron chi connectivity index (χ0n) is 15.1. The maximum atomic E-state index is 12.4. The number of aromatic nitrogens is 3. The van der Waals surface area contributed by atoms with E-state index in [2.05, 4.69) is 14.8 Å². The van der Waals surface area contributed by atoms with E-state index in [9.17, 15) is 8.42 Å². The van der Waals surface area contributed by atoms with Gasteiger partial charge in [-0.25, -0.2) is 13.1 Å². The fourth-order valence-electron chi connectivity index (χ4n) is 2.45. The molecule has 1 aromatic carbocycles. The zero-order chi connectivity index (χ0) is 19.1. The average Bonchev–Trinajstić information content (AvgIpc) is 3.16. The highest BCUT2D eigenvalue weighted by Crippen LogP contribution is 2.16. The lowest BCUT2D eigenvalue weighted by Gasteiger charge is -2.08. The van der Waals surface area contributed by atoms with E-state index in [0.29, 0.717) is 18.9 Å². The summed E-state index contributed by atoms with van der Waals surface area (Å²) < 4.78 is 34.5. The third kappa shape index (κ3) is 5.15. The summed E-state index contributed by atoms with van der Waals surface area (Å²) in [7, 11) is -3.57. The molecule has 0 radical (unpaired) electrons. The number of nitrogens with one attached hydrogen (secondary N) is 1. The Morgan fingerprint density at radius 1 is 1.07 bits per heavy atom. The molecule has 142 valence electrons. The van der Waals surface area contributed by atoms with Crippen LogP contribution in [0, 0.1) is 0 Å². The zero-order valence-corrected chi connectivity index (χ0v) is 15.9. The Morgan fingerprint density at radius 3 is 2.59 bits per heavy atom. The van der Waals surface area contributed by atoms with Gasteiger partial charge < -0.3 is 4.74 Å². The first-order chi connectivity index (χ1) is 13.1. The lowest BCUT2D eigenvalue weighted by atomic mass is 10.3. The summed E-state index contributed by atoms with van der Waals surface area (Å²) in [5.41, 5.74) is 1.53. The van der Waals surface area contributed by atoms with Crippen molar-refractivity contribution in [2.45, 2.75) is 24.8 Å². The van der Waals surface area contributed by atoms with Crippen molar-refractivity contribution in [1.82, 2.24) is 19.5 Å².